The predicted molar refractivity (Wildman–Crippen MR) is 319 cm³/mol. The third kappa shape index (κ3) is 30.2. The number of nitrogens with one attached hydrogen (secondary N) is 7. The molecular weight excluding hydrogens is 999 g/mol. The molecule has 7 fully saturated rings. The van der Waals surface area contributed by atoms with Crippen LogP contribution in [0.4, 0.5) is 0 Å². The number of aliphatic hydroxyl groups is 1. The average molecular weight is 1120 g/mol. The summed E-state index contributed by atoms with van der Waals surface area (Å²) >= 11 is 0. The first kappa shape index (κ1) is 73.2. The highest BCUT2D eigenvalue weighted by Gasteiger charge is 2.38. The van der Waals surface area contributed by atoms with Crippen LogP contribution in [0, 0.1) is 76.9 Å². The van der Waals surface area contributed by atoms with Crippen molar-refractivity contribution in [2.75, 3.05) is 49.4 Å². The Bertz CT molecular complexity index is 1500. The van der Waals surface area contributed by atoms with Crippen LogP contribution >= 0.6 is 0 Å². The van der Waals surface area contributed by atoms with Gasteiger partial charge >= 0.3 is 0 Å². The lowest BCUT2D eigenvalue weighted by Gasteiger charge is -2.32. The minimum absolute atomic E-state index is 0.0457. The van der Waals surface area contributed by atoms with Crippen LogP contribution in [0.5, 0.6) is 0 Å². The molecule has 7 saturated carbocycles. The number of rotatable bonds is 8. The Labute approximate surface area is 480 Å². The number of amides is 7. The van der Waals surface area contributed by atoms with Crippen molar-refractivity contribution in [2.24, 2.45) is 76.9 Å². The van der Waals surface area contributed by atoms with Crippen LogP contribution in [0.2, 0.25) is 0 Å². The van der Waals surface area contributed by atoms with Crippen molar-refractivity contribution in [2.45, 2.75) is 234 Å². The van der Waals surface area contributed by atoms with E-state index in [0.29, 0.717) is 48.3 Å². The van der Waals surface area contributed by atoms with Gasteiger partial charge in [0, 0.05) is 77.8 Å². The number of carbonyl (C=O) groups is 7. The molecule has 7 aliphatic carbocycles. The van der Waals surface area contributed by atoms with Gasteiger partial charge in [0.25, 0.3) is 5.91 Å². The van der Waals surface area contributed by atoms with E-state index in [9.17, 15) is 38.7 Å². The molecule has 0 atom stereocenters. The van der Waals surface area contributed by atoms with Crippen LogP contribution in [-0.4, -0.2) is 101 Å². The fraction of sp³-hybridized carbons (Fsp3) is 0.889. The van der Waals surface area contributed by atoms with Gasteiger partial charge < -0.3 is 37.0 Å². The highest BCUT2D eigenvalue weighted by atomic mass is 16.6. The van der Waals surface area contributed by atoms with E-state index in [2.05, 4.69) is 90.7 Å². The monoisotopic (exact) mass is 1120 g/mol. The Hall–Kier alpha value is -3.79. The normalized spacial score (nSPS) is 31.9. The van der Waals surface area contributed by atoms with Crippen molar-refractivity contribution in [3.63, 3.8) is 0 Å². The summed E-state index contributed by atoms with van der Waals surface area (Å²) in [6, 6.07) is 0. The maximum absolute atomic E-state index is 11.3. The van der Waals surface area contributed by atoms with Gasteiger partial charge in [-0.05, 0) is 221 Å². The van der Waals surface area contributed by atoms with Crippen molar-refractivity contribution >= 4 is 41.4 Å². The summed E-state index contributed by atoms with van der Waals surface area (Å²) in [5.74, 6) is 8.26. The second-order valence-corrected chi connectivity index (χ2v) is 25.3. The largest absolute Gasteiger partial charge is 0.380 e. The standard InChI is InChI=1S/2C9H17NO2.5C9H17NO/c1-7-3-5-9(12,6-4-7)8(11)10-2;1-7-3-5-8(6-4-7)9(11)10-12-2;5*1-7-3-5-8(6-4-7)9(11)10-2/h7,12H,3-6H2,1-2H3,(H,10,11);7-8H,3-6H2,1-2H3,(H,10,11);5*7-8H,3-6H2,1-2H3,(H,10,11). The van der Waals surface area contributed by atoms with E-state index < -0.39 is 5.60 Å². The molecule has 0 aromatic heterocycles. The summed E-state index contributed by atoms with van der Waals surface area (Å²) in [5, 5.41) is 25.9. The average Bonchev–Trinajstić information content (AvgIpc) is 3.47. The summed E-state index contributed by atoms with van der Waals surface area (Å²) in [7, 11) is 11.7. The summed E-state index contributed by atoms with van der Waals surface area (Å²) in [6.07, 6.45) is 30.5. The van der Waals surface area contributed by atoms with Crippen LogP contribution < -0.4 is 37.4 Å². The van der Waals surface area contributed by atoms with Crippen molar-refractivity contribution in [1.29, 1.82) is 0 Å². The molecule has 79 heavy (non-hydrogen) atoms. The second kappa shape index (κ2) is 41.2. The molecule has 16 heteroatoms. The fourth-order valence-electron chi connectivity index (χ4n) is 12.0. The van der Waals surface area contributed by atoms with E-state index in [1.165, 1.54) is 84.2 Å². The van der Waals surface area contributed by atoms with Gasteiger partial charge in [0.15, 0.2) is 0 Å². The number of likely N-dealkylation sites (N-methyl/N-ethyl adjacent to an activating group) is 1. The maximum Gasteiger partial charge on any atom is 0.251 e. The molecule has 0 aromatic carbocycles. The first-order chi connectivity index (χ1) is 37.5. The molecule has 0 bridgehead atoms. The minimum Gasteiger partial charge on any atom is -0.380 e. The lowest BCUT2D eigenvalue weighted by Crippen LogP contribution is -2.47. The zero-order chi connectivity index (χ0) is 59.5. The fourth-order valence-corrected chi connectivity index (χ4v) is 12.0. The van der Waals surface area contributed by atoms with Crippen LogP contribution in [0.15, 0.2) is 0 Å². The molecule has 8 N–H and O–H groups in total. The van der Waals surface area contributed by atoms with E-state index in [1.807, 2.05) is 0 Å². The molecule has 0 saturated heterocycles. The molecule has 0 heterocycles. The van der Waals surface area contributed by atoms with Gasteiger partial charge in [-0.25, -0.2) is 5.48 Å². The molecule has 7 rings (SSSR count). The van der Waals surface area contributed by atoms with Gasteiger partial charge in [-0.15, -0.1) is 0 Å². The Balaban J connectivity index is 0.000000461. The highest BCUT2D eigenvalue weighted by molar-refractivity contribution is 5.84. The smallest absolute Gasteiger partial charge is 0.251 e. The van der Waals surface area contributed by atoms with Gasteiger partial charge in [-0.2, -0.15) is 0 Å². The first-order valence-electron chi connectivity index (χ1n) is 31.4. The van der Waals surface area contributed by atoms with Gasteiger partial charge in [-0.1, -0.05) is 48.5 Å². The number of hydroxylamine groups is 1. The molecule has 460 valence electrons. The lowest BCUT2D eigenvalue weighted by atomic mass is 9.79. The third-order valence-corrected chi connectivity index (χ3v) is 18.5. The van der Waals surface area contributed by atoms with Crippen LogP contribution in [0.25, 0.3) is 0 Å². The summed E-state index contributed by atoms with van der Waals surface area (Å²) in [6.45, 7) is 15.7. The molecule has 16 nitrogen and oxygen atoms in total. The van der Waals surface area contributed by atoms with E-state index in [-0.39, 0.29) is 47.3 Å². The molecule has 0 unspecified atom stereocenters. The van der Waals surface area contributed by atoms with Gasteiger partial charge in [0.05, 0.1) is 7.11 Å². The zero-order valence-electron chi connectivity index (χ0n) is 52.5. The van der Waals surface area contributed by atoms with Crippen LogP contribution in [0.3, 0.4) is 0 Å². The number of hydrogen-bond donors (Lipinski definition) is 8. The summed E-state index contributed by atoms with van der Waals surface area (Å²) < 4.78 is 0. The van der Waals surface area contributed by atoms with Gasteiger partial charge in [0.2, 0.25) is 35.4 Å². The Morgan fingerprint density at radius 3 is 0.646 bits per heavy atom. The van der Waals surface area contributed by atoms with Crippen LogP contribution in [-0.2, 0) is 38.4 Å². The SMILES string of the molecule is CNC(=O)C1(O)CCC(C)CC1.CNC(=O)C1CCC(C)CC1.CNC(=O)C1CCC(C)CC1.CNC(=O)C1CCC(C)CC1.CNC(=O)C1CCC(C)CC1.CNC(=O)C1CCC(C)CC1.CONC(=O)C1CCC(C)CC1. The Kier molecular flexibility index (Phi) is 38.2. The maximum atomic E-state index is 11.3. The first-order valence-corrected chi connectivity index (χ1v) is 31.4. The Morgan fingerprint density at radius 1 is 0.304 bits per heavy atom. The number of hydrogen-bond acceptors (Lipinski definition) is 9. The minimum atomic E-state index is -1.08. The molecule has 0 aliphatic heterocycles. The van der Waals surface area contributed by atoms with Gasteiger partial charge in [0.1, 0.15) is 5.60 Å². The van der Waals surface area contributed by atoms with E-state index in [4.69, 9.17) is 0 Å². The highest BCUT2D eigenvalue weighted by Crippen LogP contribution is 2.34. The molecule has 0 radical (unpaired) electrons. The van der Waals surface area contributed by atoms with E-state index in [0.717, 1.165) is 125 Å². The topological polar surface area (TPSA) is 233 Å². The third-order valence-electron chi connectivity index (χ3n) is 18.5. The molecule has 0 aromatic rings. The molecule has 0 spiro atoms. The van der Waals surface area contributed by atoms with Gasteiger partial charge in [-0.3, -0.25) is 38.4 Å². The van der Waals surface area contributed by atoms with Crippen molar-refractivity contribution in [3.05, 3.63) is 0 Å². The van der Waals surface area contributed by atoms with Crippen molar-refractivity contribution < 1.29 is 43.5 Å². The van der Waals surface area contributed by atoms with Crippen LogP contribution in [0.1, 0.15) is 228 Å². The van der Waals surface area contributed by atoms with Crippen molar-refractivity contribution in [3.8, 4) is 0 Å². The molecule has 7 aliphatic rings. The lowest BCUT2D eigenvalue weighted by molar-refractivity contribution is -0.143. The second-order valence-electron chi connectivity index (χ2n) is 25.3. The summed E-state index contributed by atoms with van der Waals surface area (Å²) in [5.41, 5.74) is 1.31. The molecular formula is C63H119N7O9. The number of carbonyl (C=O) groups excluding carboxylic acids is 7. The quantitative estimate of drug-likeness (QED) is 0.108. The predicted octanol–water partition coefficient (Wildman–Crippen LogP) is 9.96. The zero-order valence-corrected chi connectivity index (χ0v) is 52.5. The molecule has 7 amide bonds. The van der Waals surface area contributed by atoms with E-state index in [1.54, 1.807) is 42.3 Å². The van der Waals surface area contributed by atoms with E-state index >= 15 is 0 Å². The van der Waals surface area contributed by atoms with Crippen molar-refractivity contribution in [1.82, 2.24) is 37.4 Å². The Morgan fingerprint density at radius 2 is 0.481 bits per heavy atom. The summed E-state index contributed by atoms with van der Waals surface area (Å²) in [4.78, 5) is 82.9.